The lowest BCUT2D eigenvalue weighted by Crippen LogP contribution is -2.28. The van der Waals surface area contributed by atoms with Crippen LogP contribution in [0.3, 0.4) is 0 Å². The Kier molecular flexibility index (Phi) is 5.58. The van der Waals surface area contributed by atoms with Crippen molar-refractivity contribution in [2.24, 2.45) is 0 Å². The third kappa shape index (κ3) is 5.10. The maximum Gasteiger partial charge on any atom is 0.534 e. The second kappa shape index (κ2) is 7.31. The normalized spacial score (nSPS) is 11.7. The van der Waals surface area contributed by atoms with E-state index in [1.54, 1.807) is 30.3 Å². The van der Waals surface area contributed by atoms with E-state index in [1.165, 1.54) is 6.07 Å². The van der Waals surface area contributed by atoms with Crippen LogP contribution in [0.5, 0.6) is 5.75 Å². The zero-order chi connectivity index (χ0) is 18.7. The molecule has 2 N–H and O–H groups in total. The van der Waals surface area contributed by atoms with E-state index in [1.807, 2.05) is 0 Å². The number of rotatable bonds is 4. The van der Waals surface area contributed by atoms with Crippen LogP contribution in [0, 0.1) is 0 Å². The van der Waals surface area contributed by atoms with Crippen molar-refractivity contribution in [3.8, 4) is 5.75 Å². The lowest BCUT2D eigenvalue weighted by atomic mass is 10.3. The van der Waals surface area contributed by atoms with Gasteiger partial charge in [0.1, 0.15) is 5.75 Å². The molecule has 0 bridgehead atoms. The van der Waals surface area contributed by atoms with E-state index >= 15 is 0 Å². The van der Waals surface area contributed by atoms with Gasteiger partial charge in [-0.3, -0.25) is 0 Å². The van der Waals surface area contributed by atoms with Crippen molar-refractivity contribution in [1.82, 2.24) is 0 Å². The second-order valence-corrected chi connectivity index (χ2v) is 6.96. The van der Waals surface area contributed by atoms with Crippen molar-refractivity contribution in [2.45, 2.75) is 5.51 Å². The molecule has 0 spiro atoms. The number of nitrogens with one attached hydrogen (secondary N) is 2. The Labute approximate surface area is 149 Å². The molecule has 2 aromatic carbocycles. The zero-order valence-corrected chi connectivity index (χ0v) is 14.6. The van der Waals surface area contributed by atoms with E-state index in [9.17, 15) is 26.4 Å². The van der Waals surface area contributed by atoms with Gasteiger partial charge in [-0.2, -0.15) is 21.6 Å². The molecule has 0 aliphatic carbocycles. The zero-order valence-electron chi connectivity index (χ0n) is 12.2. The highest BCUT2D eigenvalue weighted by molar-refractivity contribution is 9.10. The van der Waals surface area contributed by atoms with Crippen LogP contribution < -0.4 is 14.8 Å². The maximum absolute atomic E-state index is 12.3. The van der Waals surface area contributed by atoms with Gasteiger partial charge in [-0.15, -0.1) is 0 Å². The summed E-state index contributed by atoms with van der Waals surface area (Å²) in [6.07, 6.45) is 0. The molecule has 2 aromatic rings. The quantitative estimate of drug-likeness (QED) is 0.549. The van der Waals surface area contributed by atoms with Crippen LogP contribution in [0.4, 0.5) is 29.3 Å². The molecule has 0 atom stereocenters. The van der Waals surface area contributed by atoms with E-state index in [4.69, 9.17) is 0 Å². The van der Waals surface area contributed by atoms with E-state index in [-0.39, 0.29) is 10.2 Å². The summed E-state index contributed by atoms with van der Waals surface area (Å²) in [5.74, 6) is -0.557. The molecule has 0 saturated carbocycles. The number of amides is 2. The first kappa shape index (κ1) is 19.1. The number of carbonyl (C=O) groups excluding carboxylic acids is 1. The number of urea groups is 1. The molecule has 0 aliphatic rings. The van der Waals surface area contributed by atoms with Crippen LogP contribution in [0.2, 0.25) is 0 Å². The van der Waals surface area contributed by atoms with Crippen molar-refractivity contribution >= 4 is 43.5 Å². The van der Waals surface area contributed by atoms with Gasteiger partial charge < -0.3 is 14.8 Å². The predicted octanol–water partition coefficient (Wildman–Crippen LogP) is 4.32. The van der Waals surface area contributed by atoms with Crippen LogP contribution in [-0.4, -0.2) is 20.0 Å². The van der Waals surface area contributed by atoms with Gasteiger partial charge in [-0.25, -0.2) is 4.79 Å². The molecular formula is C14H10BrF3N2O4S. The molecule has 0 radical (unpaired) electrons. The minimum atomic E-state index is -5.76. The van der Waals surface area contributed by atoms with Crippen LogP contribution in [0.1, 0.15) is 0 Å². The Hall–Kier alpha value is -2.27. The number of alkyl halides is 3. The predicted molar refractivity (Wildman–Crippen MR) is 88.8 cm³/mol. The van der Waals surface area contributed by atoms with Crippen molar-refractivity contribution < 1.29 is 30.6 Å². The number of carbonyl (C=O) groups is 1. The molecule has 6 nitrogen and oxygen atoms in total. The summed E-state index contributed by atoms with van der Waals surface area (Å²) in [6.45, 7) is 0. The first-order valence-electron chi connectivity index (χ1n) is 6.52. The van der Waals surface area contributed by atoms with E-state index in [0.717, 1.165) is 12.1 Å². The van der Waals surface area contributed by atoms with Crippen molar-refractivity contribution in [2.75, 3.05) is 10.6 Å². The lowest BCUT2D eigenvalue weighted by Gasteiger charge is -2.12. The highest BCUT2D eigenvalue weighted by Gasteiger charge is 2.48. The Morgan fingerprint density at radius 3 is 2.24 bits per heavy atom. The molecule has 2 amide bonds. The molecule has 2 rings (SSSR count). The first-order valence-corrected chi connectivity index (χ1v) is 8.72. The third-order valence-corrected chi connectivity index (χ3v) is 4.34. The molecule has 11 heteroatoms. The largest absolute Gasteiger partial charge is 0.534 e. The molecule has 0 fully saturated rings. The summed E-state index contributed by atoms with van der Waals surface area (Å²) in [7, 11) is -5.76. The van der Waals surface area contributed by atoms with Gasteiger partial charge in [0.25, 0.3) is 0 Å². The summed E-state index contributed by atoms with van der Waals surface area (Å²) in [4.78, 5) is 11.9. The SMILES string of the molecule is O=C(Nc1ccccc1)Nc1ccc(OS(=O)(=O)C(F)(F)F)cc1Br. The van der Waals surface area contributed by atoms with Gasteiger partial charge in [-0.05, 0) is 46.3 Å². The van der Waals surface area contributed by atoms with Gasteiger partial charge in [0, 0.05) is 10.2 Å². The van der Waals surface area contributed by atoms with Crippen LogP contribution in [0.15, 0.2) is 53.0 Å². The average molecular weight is 439 g/mol. The number of anilines is 2. The molecular weight excluding hydrogens is 429 g/mol. The van der Waals surface area contributed by atoms with Crippen LogP contribution in [0.25, 0.3) is 0 Å². The fourth-order valence-electron chi connectivity index (χ4n) is 1.63. The van der Waals surface area contributed by atoms with Gasteiger partial charge in [0.15, 0.2) is 0 Å². The van der Waals surface area contributed by atoms with Crippen molar-refractivity contribution in [1.29, 1.82) is 0 Å². The molecule has 0 aromatic heterocycles. The summed E-state index contributed by atoms with van der Waals surface area (Å²) in [5.41, 5.74) is -4.80. The van der Waals surface area contributed by atoms with Gasteiger partial charge in [-0.1, -0.05) is 18.2 Å². The van der Waals surface area contributed by atoms with Crippen LogP contribution in [-0.2, 0) is 10.1 Å². The Morgan fingerprint density at radius 2 is 1.68 bits per heavy atom. The number of hydrogen-bond acceptors (Lipinski definition) is 4. The monoisotopic (exact) mass is 438 g/mol. The van der Waals surface area contributed by atoms with Gasteiger partial charge in [0.2, 0.25) is 0 Å². The third-order valence-electron chi connectivity index (χ3n) is 2.71. The summed E-state index contributed by atoms with van der Waals surface area (Å²) >= 11 is 3.02. The number of benzene rings is 2. The summed E-state index contributed by atoms with van der Waals surface area (Å²) < 4.78 is 62.9. The van der Waals surface area contributed by atoms with Crippen LogP contribution >= 0.6 is 15.9 Å². The Bertz CT molecular complexity index is 873. The average Bonchev–Trinajstić information content (AvgIpc) is 2.49. The highest BCUT2D eigenvalue weighted by Crippen LogP contribution is 2.31. The molecule has 0 saturated heterocycles. The molecule has 25 heavy (non-hydrogen) atoms. The smallest absolute Gasteiger partial charge is 0.376 e. The first-order chi connectivity index (χ1) is 11.6. The minimum Gasteiger partial charge on any atom is -0.376 e. The number of halogens is 4. The van der Waals surface area contributed by atoms with Crippen molar-refractivity contribution in [3.63, 3.8) is 0 Å². The van der Waals surface area contributed by atoms with Gasteiger partial charge in [0.05, 0.1) is 5.69 Å². The van der Waals surface area contributed by atoms with Gasteiger partial charge >= 0.3 is 21.7 Å². The summed E-state index contributed by atoms with van der Waals surface area (Å²) in [6, 6.07) is 11.1. The molecule has 0 aliphatic heterocycles. The van der Waals surface area contributed by atoms with E-state index in [0.29, 0.717) is 5.69 Å². The Morgan fingerprint density at radius 1 is 1.04 bits per heavy atom. The molecule has 0 heterocycles. The summed E-state index contributed by atoms with van der Waals surface area (Å²) in [5, 5.41) is 5.00. The standard InChI is InChI=1S/C14H10BrF3N2O4S/c15-11-8-10(24-25(22,23)14(16,17)18)6-7-12(11)20-13(21)19-9-4-2-1-3-5-9/h1-8H,(H2,19,20,21). The highest BCUT2D eigenvalue weighted by atomic mass is 79.9. The van der Waals surface area contributed by atoms with E-state index in [2.05, 4.69) is 30.7 Å². The fraction of sp³-hybridized carbons (Fsp3) is 0.0714. The second-order valence-electron chi connectivity index (χ2n) is 4.57. The van der Waals surface area contributed by atoms with E-state index < -0.39 is 27.4 Å². The van der Waals surface area contributed by atoms with Crippen molar-refractivity contribution in [3.05, 3.63) is 53.0 Å². The minimum absolute atomic E-state index is 0.130. The molecule has 0 unspecified atom stereocenters. The topological polar surface area (TPSA) is 84.5 Å². The number of para-hydroxylation sites is 1. The molecule has 134 valence electrons. The Balaban J connectivity index is 2.08. The maximum atomic E-state index is 12.3. The lowest BCUT2D eigenvalue weighted by molar-refractivity contribution is -0.0500. The fourth-order valence-corrected chi connectivity index (χ4v) is 2.54. The number of hydrogen-bond donors (Lipinski definition) is 2.